The quantitative estimate of drug-likeness (QED) is 0.512. The molecule has 0 aliphatic heterocycles. The molecule has 0 saturated carbocycles. The van der Waals surface area contributed by atoms with E-state index in [0.717, 1.165) is 5.57 Å². The molecule has 0 amide bonds. The van der Waals surface area contributed by atoms with Crippen molar-refractivity contribution < 1.29 is 0 Å². The van der Waals surface area contributed by atoms with E-state index in [4.69, 9.17) is 5.73 Å². The number of rotatable bonds is 2. The summed E-state index contributed by atoms with van der Waals surface area (Å²) in [6.45, 7) is 6.19. The summed E-state index contributed by atoms with van der Waals surface area (Å²) in [4.78, 5) is 0. The van der Waals surface area contributed by atoms with E-state index >= 15 is 0 Å². The van der Waals surface area contributed by atoms with Crippen LogP contribution in [0.2, 0.25) is 0 Å². The van der Waals surface area contributed by atoms with Crippen molar-refractivity contribution in [1.82, 2.24) is 0 Å². The summed E-state index contributed by atoms with van der Waals surface area (Å²) < 4.78 is 0. The van der Waals surface area contributed by atoms with Crippen LogP contribution in [0, 0.1) is 0 Å². The van der Waals surface area contributed by atoms with Gasteiger partial charge in [0.2, 0.25) is 0 Å². The van der Waals surface area contributed by atoms with Crippen molar-refractivity contribution in [3.63, 3.8) is 0 Å². The monoisotopic (exact) mass is 97.1 g/mol. The Morgan fingerprint density at radius 1 is 1.86 bits per heavy atom. The lowest BCUT2D eigenvalue weighted by molar-refractivity contribution is 1.25. The zero-order valence-corrected chi connectivity index (χ0v) is 4.65. The van der Waals surface area contributed by atoms with Crippen molar-refractivity contribution in [1.29, 1.82) is 0 Å². The maximum atomic E-state index is 5.15. The van der Waals surface area contributed by atoms with Crippen LogP contribution in [0.3, 0.4) is 0 Å². The average molecular weight is 97.2 g/mol. The fourth-order valence-corrected chi connectivity index (χ4v) is 0.269. The van der Waals surface area contributed by atoms with E-state index in [2.05, 4.69) is 6.58 Å². The molecular formula is C6H11N. The van der Waals surface area contributed by atoms with Gasteiger partial charge in [0.15, 0.2) is 0 Å². The summed E-state index contributed by atoms with van der Waals surface area (Å²) in [6, 6.07) is 0. The van der Waals surface area contributed by atoms with E-state index < -0.39 is 0 Å². The van der Waals surface area contributed by atoms with E-state index in [1.807, 2.05) is 19.1 Å². The fraction of sp³-hybridized carbons (Fsp3) is 0.333. The molecule has 1 heteroatoms. The van der Waals surface area contributed by atoms with Gasteiger partial charge in [0.1, 0.15) is 0 Å². The number of nitrogens with two attached hydrogens (primary N) is 1. The second kappa shape index (κ2) is 3.62. The average Bonchev–Trinajstić information content (AvgIpc) is 1.61. The Balaban J connectivity index is 3.26. The first-order valence-electron chi connectivity index (χ1n) is 2.29. The summed E-state index contributed by atoms with van der Waals surface area (Å²) in [5.74, 6) is 0. The van der Waals surface area contributed by atoms with Gasteiger partial charge in [-0.05, 0) is 6.92 Å². The molecule has 0 aliphatic rings. The van der Waals surface area contributed by atoms with Gasteiger partial charge < -0.3 is 5.73 Å². The van der Waals surface area contributed by atoms with Gasteiger partial charge in [-0.15, -0.1) is 0 Å². The number of hydrogen-bond donors (Lipinski definition) is 1. The van der Waals surface area contributed by atoms with E-state index in [-0.39, 0.29) is 0 Å². The molecular weight excluding hydrogens is 86.1 g/mol. The minimum atomic E-state index is 0.604. The second-order valence-corrected chi connectivity index (χ2v) is 1.48. The molecule has 40 valence electrons. The molecule has 0 fully saturated rings. The maximum absolute atomic E-state index is 5.15. The molecule has 0 unspecified atom stereocenters. The van der Waals surface area contributed by atoms with Gasteiger partial charge in [0.25, 0.3) is 0 Å². The summed E-state index contributed by atoms with van der Waals surface area (Å²) >= 11 is 0. The normalized spacial score (nSPS) is 10.0. The van der Waals surface area contributed by atoms with Crippen LogP contribution in [0.4, 0.5) is 0 Å². The highest BCUT2D eigenvalue weighted by atomic mass is 14.5. The zero-order chi connectivity index (χ0) is 5.70. The topological polar surface area (TPSA) is 26.0 Å². The third-order valence-electron chi connectivity index (χ3n) is 0.538. The molecule has 0 rings (SSSR count). The van der Waals surface area contributed by atoms with E-state index in [1.165, 1.54) is 0 Å². The van der Waals surface area contributed by atoms with Crippen molar-refractivity contribution in [2.45, 2.75) is 6.92 Å². The largest absolute Gasteiger partial charge is 0.327 e. The summed E-state index contributed by atoms with van der Waals surface area (Å²) in [6.07, 6.45) is 3.78. The van der Waals surface area contributed by atoms with Gasteiger partial charge in [-0.25, -0.2) is 0 Å². The molecule has 2 N–H and O–H groups in total. The molecule has 0 radical (unpaired) electrons. The van der Waals surface area contributed by atoms with Crippen LogP contribution in [-0.2, 0) is 0 Å². The highest BCUT2D eigenvalue weighted by Crippen LogP contribution is 1.85. The zero-order valence-electron chi connectivity index (χ0n) is 4.65. The Morgan fingerprint density at radius 2 is 2.43 bits per heavy atom. The molecule has 7 heavy (non-hydrogen) atoms. The lowest BCUT2D eigenvalue weighted by atomic mass is 10.3. The van der Waals surface area contributed by atoms with E-state index in [0.29, 0.717) is 6.54 Å². The van der Waals surface area contributed by atoms with Crippen molar-refractivity contribution in [3.05, 3.63) is 24.3 Å². The molecule has 0 bridgehead atoms. The fourth-order valence-electron chi connectivity index (χ4n) is 0.269. The van der Waals surface area contributed by atoms with Gasteiger partial charge in [-0.3, -0.25) is 0 Å². The lowest BCUT2D eigenvalue weighted by Crippen LogP contribution is -1.91. The number of allylic oxidation sites excluding steroid dienone is 2. The first-order valence-corrected chi connectivity index (χ1v) is 2.29. The molecule has 0 aromatic heterocycles. The van der Waals surface area contributed by atoms with Crippen LogP contribution in [0.5, 0.6) is 0 Å². The van der Waals surface area contributed by atoms with Crippen LogP contribution < -0.4 is 5.73 Å². The van der Waals surface area contributed by atoms with Crippen molar-refractivity contribution in [3.8, 4) is 0 Å². The Hall–Kier alpha value is -0.560. The maximum Gasteiger partial charge on any atom is 0.0110 e. The van der Waals surface area contributed by atoms with Gasteiger partial charge >= 0.3 is 0 Å². The first-order chi connectivity index (χ1) is 3.27. The summed E-state index contributed by atoms with van der Waals surface area (Å²) in [5, 5.41) is 0. The van der Waals surface area contributed by atoms with Gasteiger partial charge in [0, 0.05) is 6.54 Å². The standard InChI is InChI=1S/C6H11N/c1-6(2)4-3-5-7/h3-4H,1,5,7H2,2H3/b4-3+. The molecule has 0 aromatic carbocycles. The predicted octanol–water partition coefficient (Wildman–Crippen LogP) is 1.08. The highest BCUT2D eigenvalue weighted by Gasteiger charge is 1.67. The predicted molar refractivity (Wildman–Crippen MR) is 33.0 cm³/mol. The second-order valence-electron chi connectivity index (χ2n) is 1.48. The van der Waals surface area contributed by atoms with Gasteiger partial charge in [-0.2, -0.15) is 0 Å². The Morgan fingerprint density at radius 3 is 2.57 bits per heavy atom. The van der Waals surface area contributed by atoms with Crippen LogP contribution >= 0.6 is 0 Å². The molecule has 0 spiro atoms. The summed E-state index contributed by atoms with van der Waals surface area (Å²) in [7, 11) is 0. The summed E-state index contributed by atoms with van der Waals surface area (Å²) in [5.41, 5.74) is 6.20. The van der Waals surface area contributed by atoms with Crippen LogP contribution in [0.15, 0.2) is 24.3 Å². The first kappa shape index (κ1) is 6.44. The SMILES string of the molecule is C=C(C)/C=C/CN. The van der Waals surface area contributed by atoms with Crippen LogP contribution in [0.1, 0.15) is 6.92 Å². The van der Waals surface area contributed by atoms with E-state index in [1.54, 1.807) is 0 Å². The molecule has 0 heterocycles. The van der Waals surface area contributed by atoms with Crippen molar-refractivity contribution in [2.75, 3.05) is 6.54 Å². The van der Waals surface area contributed by atoms with Gasteiger partial charge in [-0.1, -0.05) is 24.3 Å². The van der Waals surface area contributed by atoms with Crippen LogP contribution in [-0.4, -0.2) is 6.54 Å². The lowest BCUT2D eigenvalue weighted by Gasteiger charge is -1.80. The van der Waals surface area contributed by atoms with Crippen molar-refractivity contribution in [2.24, 2.45) is 5.73 Å². The Kier molecular flexibility index (Phi) is 3.33. The Bertz CT molecular complexity index is 82.2. The minimum absolute atomic E-state index is 0.604. The molecule has 0 aromatic rings. The smallest absolute Gasteiger partial charge is 0.0110 e. The molecule has 0 atom stereocenters. The minimum Gasteiger partial charge on any atom is -0.327 e. The third kappa shape index (κ3) is 5.44. The van der Waals surface area contributed by atoms with Gasteiger partial charge in [0.05, 0.1) is 0 Å². The van der Waals surface area contributed by atoms with E-state index in [9.17, 15) is 0 Å². The van der Waals surface area contributed by atoms with Crippen LogP contribution in [0.25, 0.3) is 0 Å². The highest BCUT2D eigenvalue weighted by molar-refractivity contribution is 5.10. The molecule has 0 saturated heterocycles. The molecule has 0 aliphatic carbocycles. The third-order valence-corrected chi connectivity index (χ3v) is 0.538. The molecule has 1 nitrogen and oxygen atoms in total. The Labute approximate surface area is 44.5 Å². The number of hydrogen-bond acceptors (Lipinski definition) is 1. The van der Waals surface area contributed by atoms with Crippen molar-refractivity contribution >= 4 is 0 Å².